The lowest BCUT2D eigenvalue weighted by Crippen LogP contribution is -2.47. The third kappa shape index (κ3) is 6.77. The van der Waals surface area contributed by atoms with Crippen molar-refractivity contribution in [3.8, 4) is 0 Å². The van der Waals surface area contributed by atoms with Gasteiger partial charge >= 0.3 is 12.0 Å². The number of likely N-dealkylation sites (tertiary alicyclic amines) is 1. The number of amides is 2. The number of fused-ring (bicyclic) bond motifs is 1. The number of aryl methyl sites for hydroxylation is 1. The second-order valence-electron chi connectivity index (χ2n) is 12.7. The number of ether oxygens (including phenoxy) is 1. The van der Waals surface area contributed by atoms with Crippen LogP contribution in [-0.4, -0.2) is 84.2 Å². The van der Waals surface area contributed by atoms with Gasteiger partial charge in [0.1, 0.15) is 6.54 Å². The predicted molar refractivity (Wildman–Crippen MR) is 156 cm³/mol. The van der Waals surface area contributed by atoms with E-state index in [1.54, 1.807) is 0 Å². The van der Waals surface area contributed by atoms with Crippen LogP contribution in [0.25, 0.3) is 0 Å². The maximum Gasteiger partial charge on any atom is 0.515 e. The van der Waals surface area contributed by atoms with Crippen molar-refractivity contribution in [2.45, 2.75) is 76.3 Å². The lowest BCUT2D eigenvalue weighted by molar-refractivity contribution is -0.861. The van der Waals surface area contributed by atoms with E-state index in [1.165, 1.54) is 31.2 Å². The molecule has 2 heterocycles. The third-order valence-electron chi connectivity index (χ3n) is 9.57. The van der Waals surface area contributed by atoms with Crippen molar-refractivity contribution in [1.82, 2.24) is 15.1 Å². The number of rotatable bonds is 8. The van der Waals surface area contributed by atoms with Gasteiger partial charge in [-0.2, -0.15) is 0 Å². The van der Waals surface area contributed by atoms with E-state index in [-0.39, 0.29) is 23.9 Å². The summed E-state index contributed by atoms with van der Waals surface area (Å²) in [6.45, 7) is 2.20. The van der Waals surface area contributed by atoms with Crippen LogP contribution in [0, 0.1) is 5.92 Å². The SMILES string of the molecule is CN(C(=O)c1ccc2c(c1)C(NC(=O)CCC1CCCC1)CC2)C1CCN(C2=CC[N+](C)(C)C(OC(=O)O)=C2)CC1. The smallest absolute Gasteiger partial charge is 0.449 e. The van der Waals surface area contributed by atoms with E-state index >= 15 is 0 Å². The van der Waals surface area contributed by atoms with Gasteiger partial charge < -0.3 is 25.0 Å². The number of carbonyl (C=O) groups is 3. The number of hydrogen-bond donors (Lipinski definition) is 2. The number of nitrogens with one attached hydrogen (secondary N) is 1. The third-order valence-corrected chi connectivity index (χ3v) is 9.57. The maximum atomic E-state index is 13.6. The van der Waals surface area contributed by atoms with Crippen molar-refractivity contribution in [3.63, 3.8) is 0 Å². The second-order valence-corrected chi connectivity index (χ2v) is 12.7. The molecule has 0 aromatic heterocycles. The summed E-state index contributed by atoms with van der Waals surface area (Å²) in [7, 11) is 5.72. The minimum absolute atomic E-state index is 0.0115. The van der Waals surface area contributed by atoms with Crippen LogP contribution < -0.4 is 5.32 Å². The van der Waals surface area contributed by atoms with E-state index in [1.807, 2.05) is 44.3 Å². The Morgan fingerprint density at radius 3 is 2.54 bits per heavy atom. The number of carbonyl (C=O) groups excluding carboxylic acids is 2. The zero-order valence-corrected chi connectivity index (χ0v) is 24.7. The van der Waals surface area contributed by atoms with Gasteiger partial charge in [0, 0.05) is 43.9 Å². The summed E-state index contributed by atoms with van der Waals surface area (Å²) < 4.78 is 5.41. The average molecular weight is 566 g/mol. The van der Waals surface area contributed by atoms with E-state index in [4.69, 9.17) is 9.84 Å². The van der Waals surface area contributed by atoms with Gasteiger partial charge in [0.25, 0.3) is 5.91 Å². The Morgan fingerprint density at radius 1 is 1.10 bits per heavy atom. The quantitative estimate of drug-likeness (QED) is 0.347. The van der Waals surface area contributed by atoms with E-state index in [0.717, 1.165) is 56.5 Å². The molecule has 1 saturated heterocycles. The van der Waals surface area contributed by atoms with Gasteiger partial charge in [-0.1, -0.05) is 31.7 Å². The number of hydrogen-bond acceptors (Lipinski definition) is 5. The molecule has 1 aromatic carbocycles. The van der Waals surface area contributed by atoms with E-state index in [0.29, 0.717) is 34.8 Å². The Labute approximate surface area is 243 Å². The topological polar surface area (TPSA) is 99.2 Å². The van der Waals surface area contributed by atoms with Gasteiger partial charge in [-0.15, -0.1) is 0 Å². The van der Waals surface area contributed by atoms with Crippen LogP contribution in [0.15, 0.2) is 41.9 Å². The molecule has 2 amide bonds. The zero-order chi connectivity index (χ0) is 29.1. The minimum atomic E-state index is -1.30. The fourth-order valence-electron chi connectivity index (χ4n) is 6.90. The first-order valence-corrected chi connectivity index (χ1v) is 15.2. The fraction of sp³-hybridized carbons (Fsp3) is 0.594. The molecule has 2 N–H and O–H groups in total. The molecule has 0 bridgehead atoms. The van der Waals surface area contributed by atoms with Crippen LogP contribution in [0.5, 0.6) is 0 Å². The molecule has 0 radical (unpaired) electrons. The van der Waals surface area contributed by atoms with Crippen LogP contribution in [0.4, 0.5) is 4.79 Å². The molecule has 1 aromatic rings. The molecule has 4 aliphatic rings. The summed E-state index contributed by atoms with van der Waals surface area (Å²) in [4.78, 5) is 41.5. The molecule has 1 unspecified atom stereocenters. The van der Waals surface area contributed by atoms with Crippen LogP contribution in [-0.2, 0) is 16.0 Å². The van der Waals surface area contributed by atoms with Gasteiger partial charge in [0.15, 0.2) is 0 Å². The summed E-state index contributed by atoms with van der Waals surface area (Å²) in [6.07, 6.45) is 12.8. The first-order chi connectivity index (χ1) is 19.6. The van der Waals surface area contributed by atoms with Crippen molar-refractivity contribution >= 4 is 18.0 Å². The first kappa shape index (κ1) is 29.2. The number of carboxylic acid groups (broad SMARTS) is 1. The predicted octanol–water partition coefficient (Wildman–Crippen LogP) is 4.81. The highest BCUT2D eigenvalue weighted by Gasteiger charge is 2.33. The van der Waals surface area contributed by atoms with Crippen LogP contribution in [0.1, 0.15) is 85.3 Å². The van der Waals surface area contributed by atoms with Crippen molar-refractivity contribution in [1.29, 1.82) is 0 Å². The highest BCUT2D eigenvalue weighted by atomic mass is 16.7. The van der Waals surface area contributed by atoms with Crippen molar-refractivity contribution in [2.75, 3.05) is 40.8 Å². The van der Waals surface area contributed by atoms with Gasteiger partial charge in [-0.3, -0.25) is 14.1 Å². The average Bonchev–Trinajstić information content (AvgIpc) is 3.62. The lowest BCUT2D eigenvalue weighted by Gasteiger charge is -2.40. The molecule has 1 atom stereocenters. The van der Waals surface area contributed by atoms with Gasteiger partial charge in [-0.25, -0.2) is 4.79 Å². The Hall–Kier alpha value is -3.33. The Balaban J connectivity index is 1.16. The Bertz CT molecular complexity index is 1220. The van der Waals surface area contributed by atoms with Gasteiger partial charge in [0.2, 0.25) is 5.91 Å². The van der Waals surface area contributed by atoms with Crippen LogP contribution >= 0.6 is 0 Å². The first-order valence-electron chi connectivity index (χ1n) is 15.2. The maximum absolute atomic E-state index is 13.6. The number of piperidine rings is 1. The monoisotopic (exact) mass is 565 g/mol. The van der Waals surface area contributed by atoms with Crippen molar-refractivity contribution < 1.29 is 28.7 Å². The summed E-state index contributed by atoms with van der Waals surface area (Å²) in [5.74, 6) is 1.25. The largest absolute Gasteiger partial charge is 0.515 e. The highest BCUT2D eigenvalue weighted by Crippen LogP contribution is 2.34. The number of quaternary nitrogens is 1. The molecule has 5 rings (SSSR count). The van der Waals surface area contributed by atoms with Gasteiger partial charge in [-0.05, 0) is 67.4 Å². The summed E-state index contributed by atoms with van der Waals surface area (Å²) in [6, 6.07) is 6.09. The minimum Gasteiger partial charge on any atom is -0.449 e. The lowest BCUT2D eigenvalue weighted by atomic mass is 9.99. The van der Waals surface area contributed by atoms with Crippen molar-refractivity contribution in [3.05, 3.63) is 58.6 Å². The molecule has 2 fully saturated rings. The van der Waals surface area contributed by atoms with Gasteiger partial charge in [0.05, 0.1) is 26.2 Å². The summed E-state index contributed by atoms with van der Waals surface area (Å²) >= 11 is 0. The molecular weight excluding hydrogens is 520 g/mol. The number of allylic oxidation sites excluding steroid dienone is 1. The molecule has 9 heteroatoms. The Kier molecular flexibility index (Phi) is 8.73. The summed E-state index contributed by atoms with van der Waals surface area (Å²) in [5, 5.41) is 12.4. The molecule has 1 saturated carbocycles. The number of benzene rings is 1. The Morgan fingerprint density at radius 2 is 1.83 bits per heavy atom. The molecule has 2 aliphatic carbocycles. The van der Waals surface area contributed by atoms with Crippen LogP contribution in [0.2, 0.25) is 0 Å². The standard InChI is InChI=1S/C32H44N4O5/c1-34(25-14-17-35(18-15-25)26-16-19-36(2,3)30(21-26)41-32(39)40)31(38)24-10-9-23-11-12-28(27(23)20-24)33-29(37)13-8-22-6-4-5-7-22/h9-10,16,20-22,25,28H,4-8,11-15,17-19H2,1-3H3,(H-,33,37,39,40)/p+1. The fourth-order valence-corrected chi connectivity index (χ4v) is 6.90. The van der Waals surface area contributed by atoms with E-state index in [2.05, 4.69) is 22.4 Å². The second kappa shape index (κ2) is 12.3. The summed E-state index contributed by atoms with van der Waals surface area (Å²) in [5.41, 5.74) is 3.96. The van der Waals surface area contributed by atoms with Crippen molar-refractivity contribution in [2.24, 2.45) is 5.92 Å². The normalized spacial score (nSPS) is 22.5. The molecule has 0 spiro atoms. The molecule has 2 aliphatic heterocycles. The zero-order valence-electron chi connectivity index (χ0n) is 24.7. The number of likely N-dealkylation sites (N-methyl/N-ethyl adjacent to an activating group) is 1. The van der Waals surface area contributed by atoms with E-state index < -0.39 is 6.16 Å². The molecular formula is C32H45N4O5+. The number of nitrogens with zero attached hydrogens (tertiary/aromatic N) is 3. The molecule has 9 nitrogen and oxygen atoms in total. The van der Waals surface area contributed by atoms with E-state index in [9.17, 15) is 14.4 Å². The van der Waals surface area contributed by atoms with Crippen LogP contribution in [0.3, 0.4) is 0 Å². The molecule has 222 valence electrons. The highest BCUT2D eigenvalue weighted by molar-refractivity contribution is 5.94. The molecule has 41 heavy (non-hydrogen) atoms.